The van der Waals surface area contributed by atoms with Gasteiger partial charge in [-0.05, 0) is 174 Å². The van der Waals surface area contributed by atoms with Crippen LogP contribution in [0.1, 0.15) is 216 Å². The minimum atomic E-state index is -0.510. The lowest BCUT2D eigenvalue weighted by atomic mass is 9.71. The molecule has 10 rings (SSSR count). The zero-order valence-corrected chi connectivity index (χ0v) is 59.7. The van der Waals surface area contributed by atoms with Gasteiger partial charge in [-0.2, -0.15) is 10.5 Å². The van der Waals surface area contributed by atoms with Crippen molar-refractivity contribution in [2.45, 2.75) is 204 Å². The molecule has 0 fully saturated rings. The topological polar surface area (TPSA) is 116 Å². The van der Waals surface area contributed by atoms with E-state index in [2.05, 4.69) is 259 Å². The van der Waals surface area contributed by atoms with Gasteiger partial charge >= 0.3 is 0 Å². The smallest absolute Gasteiger partial charge is 0.151 e. The lowest BCUT2D eigenvalue weighted by Crippen LogP contribution is -2.27. The fourth-order valence-corrected chi connectivity index (χ4v) is 14.6. The SMILES string of the molecule is CC(C)(C)CC(C)(C)c1cc(-c2cccc(C#N)c2)c(O)c(-n2c3ccc(C(C)(C)C)cc3c3cc(C(C)(C)C)ccc32)c1OCCCOc1c(C(C)(C)CC(C)(C)C)cc(-c2cccc(C#N)c2)c(O)c1-n1c2ccc(C(C)(C)C)cc2c2cc(C(C)(C)C)ccc21. The molecule has 0 spiro atoms. The first kappa shape index (κ1) is 67.4. The predicted octanol–water partition coefficient (Wildman–Crippen LogP) is 22.8. The van der Waals surface area contributed by atoms with Crippen LogP contribution in [0.2, 0.25) is 0 Å². The minimum absolute atomic E-state index is 0.0481. The van der Waals surface area contributed by atoms with Gasteiger partial charge in [0.1, 0.15) is 11.4 Å². The average molecular weight is 1240 g/mol. The zero-order valence-electron chi connectivity index (χ0n) is 59.7. The molecule has 8 nitrogen and oxygen atoms in total. The molecule has 0 saturated carbocycles. The molecule has 484 valence electrons. The number of fused-ring (bicyclic) bond motifs is 6. The molecule has 0 radical (unpaired) electrons. The summed E-state index contributed by atoms with van der Waals surface area (Å²) in [6.45, 7) is 50.0. The minimum Gasteiger partial charge on any atom is -0.505 e. The van der Waals surface area contributed by atoms with Crippen molar-refractivity contribution in [1.29, 1.82) is 10.5 Å². The highest BCUT2D eigenvalue weighted by Gasteiger charge is 2.38. The number of aromatic nitrogens is 2. The second-order valence-corrected chi connectivity index (χ2v) is 34.3. The van der Waals surface area contributed by atoms with Gasteiger partial charge in [-0.1, -0.05) is 201 Å². The summed E-state index contributed by atoms with van der Waals surface area (Å²) >= 11 is 0. The number of hydrogen-bond acceptors (Lipinski definition) is 6. The van der Waals surface area contributed by atoms with Crippen LogP contribution in [0, 0.1) is 33.5 Å². The van der Waals surface area contributed by atoms with Crippen molar-refractivity contribution in [3.8, 4) is 68.8 Å². The maximum absolute atomic E-state index is 13.5. The van der Waals surface area contributed by atoms with Crippen molar-refractivity contribution in [3.05, 3.63) is 178 Å². The molecular weight excluding hydrogens is 1140 g/mol. The van der Waals surface area contributed by atoms with Crippen molar-refractivity contribution >= 4 is 43.6 Å². The van der Waals surface area contributed by atoms with E-state index < -0.39 is 10.8 Å². The quantitative estimate of drug-likeness (QED) is 0.105. The summed E-state index contributed by atoms with van der Waals surface area (Å²) in [4.78, 5) is 0. The molecule has 0 bridgehead atoms. The Hall–Kier alpha value is -8.46. The fourth-order valence-electron chi connectivity index (χ4n) is 14.6. The third kappa shape index (κ3) is 13.4. The van der Waals surface area contributed by atoms with Gasteiger partial charge in [0, 0.05) is 50.2 Å². The summed E-state index contributed by atoms with van der Waals surface area (Å²) in [5.74, 6) is 1.24. The van der Waals surface area contributed by atoms with Crippen LogP contribution < -0.4 is 9.47 Å². The maximum atomic E-state index is 13.5. The summed E-state index contributed by atoms with van der Waals surface area (Å²) in [5.41, 5.74) is 13.4. The van der Waals surface area contributed by atoms with Crippen molar-refractivity contribution in [2.75, 3.05) is 13.2 Å². The molecule has 8 heteroatoms. The van der Waals surface area contributed by atoms with Crippen molar-refractivity contribution in [1.82, 2.24) is 9.13 Å². The highest BCUT2D eigenvalue weighted by atomic mass is 16.5. The van der Waals surface area contributed by atoms with Crippen molar-refractivity contribution in [2.24, 2.45) is 10.8 Å². The molecule has 0 unspecified atom stereocenters. The molecule has 8 aromatic carbocycles. The summed E-state index contributed by atoms with van der Waals surface area (Å²) < 4.78 is 19.4. The van der Waals surface area contributed by atoms with E-state index in [0.29, 0.717) is 51.5 Å². The first-order valence-corrected chi connectivity index (χ1v) is 33.4. The van der Waals surface area contributed by atoms with Gasteiger partial charge in [-0.25, -0.2) is 0 Å². The van der Waals surface area contributed by atoms with Gasteiger partial charge in [0.25, 0.3) is 0 Å². The van der Waals surface area contributed by atoms with Crippen LogP contribution in [0.15, 0.2) is 133 Å². The van der Waals surface area contributed by atoms with E-state index in [-0.39, 0.29) is 57.2 Å². The number of benzene rings is 8. The van der Waals surface area contributed by atoms with Crippen LogP contribution in [-0.2, 0) is 32.5 Å². The molecule has 2 aromatic heterocycles. The Morgan fingerprint density at radius 1 is 0.376 bits per heavy atom. The van der Waals surface area contributed by atoms with Crippen LogP contribution in [-0.4, -0.2) is 32.6 Å². The Morgan fingerprint density at radius 2 is 0.667 bits per heavy atom. The van der Waals surface area contributed by atoms with Gasteiger partial charge in [0.2, 0.25) is 0 Å². The predicted molar refractivity (Wildman–Crippen MR) is 390 cm³/mol. The Labute approximate surface area is 554 Å². The number of phenols is 2. The van der Waals surface area contributed by atoms with E-state index in [4.69, 9.17) is 9.47 Å². The van der Waals surface area contributed by atoms with E-state index in [1.54, 1.807) is 12.1 Å². The molecule has 0 atom stereocenters. The van der Waals surface area contributed by atoms with E-state index in [1.807, 2.05) is 36.4 Å². The van der Waals surface area contributed by atoms with Crippen molar-refractivity contribution < 1.29 is 19.7 Å². The summed E-state index contributed by atoms with van der Waals surface area (Å²) in [6.07, 6.45) is 1.99. The van der Waals surface area contributed by atoms with E-state index >= 15 is 0 Å². The van der Waals surface area contributed by atoms with Gasteiger partial charge in [0.15, 0.2) is 23.0 Å². The van der Waals surface area contributed by atoms with Gasteiger partial charge in [-0.15, -0.1) is 0 Å². The Kier molecular flexibility index (Phi) is 17.3. The first-order valence-electron chi connectivity index (χ1n) is 33.4. The maximum Gasteiger partial charge on any atom is 0.151 e. The van der Waals surface area contributed by atoms with Crippen LogP contribution in [0.5, 0.6) is 23.0 Å². The molecular formula is C85H100N4O4. The molecule has 0 aliphatic rings. The van der Waals surface area contributed by atoms with Crippen molar-refractivity contribution in [3.63, 3.8) is 0 Å². The molecule has 0 saturated heterocycles. The van der Waals surface area contributed by atoms with E-state index in [0.717, 1.165) is 78.7 Å². The number of hydrogen-bond donors (Lipinski definition) is 2. The molecule has 0 aliphatic carbocycles. The van der Waals surface area contributed by atoms with Gasteiger partial charge in [-0.3, -0.25) is 0 Å². The molecule has 0 aliphatic heterocycles. The number of nitriles is 2. The molecule has 2 N–H and O–H groups in total. The molecule has 93 heavy (non-hydrogen) atoms. The monoisotopic (exact) mass is 1240 g/mol. The van der Waals surface area contributed by atoms with Gasteiger partial charge in [0.05, 0.1) is 58.5 Å². The lowest BCUT2D eigenvalue weighted by molar-refractivity contribution is 0.229. The number of nitrogens with zero attached hydrogens (tertiary/aromatic N) is 4. The second kappa shape index (κ2) is 23.8. The summed E-state index contributed by atoms with van der Waals surface area (Å²) in [6, 6.07) is 50.9. The lowest BCUT2D eigenvalue weighted by Gasteiger charge is -2.36. The van der Waals surface area contributed by atoms with Crippen LogP contribution in [0.3, 0.4) is 0 Å². The Morgan fingerprint density at radius 3 is 0.925 bits per heavy atom. The second-order valence-electron chi connectivity index (χ2n) is 34.3. The number of rotatable bonds is 14. The average Bonchev–Trinajstić information content (AvgIpc) is 1.62. The van der Waals surface area contributed by atoms with Gasteiger partial charge < -0.3 is 28.8 Å². The van der Waals surface area contributed by atoms with Crippen LogP contribution >= 0.6 is 0 Å². The number of ether oxygens (including phenoxy) is 2. The summed E-state index contributed by atoms with van der Waals surface area (Å²) in [7, 11) is 0. The van der Waals surface area contributed by atoms with E-state index in [1.165, 1.54) is 22.3 Å². The largest absolute Gasteiger partial charge is 0.505 e. The molecule has 0 amide bonds. The molecule has 10 aromatic rings. The third-order valence-corrected chi connectivity index (χ3v) is 18.7. The normalized spacial score (nSPS) is 13.1. The number of aromatic hydroxyl groups is 2. The highest BCUT2D eigenvalue weighted by molar-refractivity contribution is 6.12. The van der Waals surface area contributed by atoms with E-state index in [9.17, 15) is 20.7 Å². The summed E-state index contributed by atoms with van der Waals surface area (Å²) in [5, 5.41) is 51.9. The number of phenolic OH excluding ortho intramolecular Hbond substituents is 2. The third-order valence-electron chi connectivity index (χ3n) is 18.7. The fraction of sp³-hybridized carbons (Fsp3) is 0.412. The van der Waals surface area contributed by atoms with Crippen LogP contribution in [0.25, 0.3) is 77.2 Å². The Balaban J connectivity index is 1.21. The first-order chi connectivity index (χ1) is 43.1. The zero-order chi connectivity index (χ0) is 68.1. The highest BCUT2D eigenvalue weighted by Crippen LogP contribution is 2.55. The standard InChI is InChI=1S/C85H100N4O4/c1-78(2,3)50-84(19,20)66-46-60(54-28-23-26-52(40-54)48-86)74(90)72(88-68-34-30-56(80(7,8)9)42-62(68)63-43-57(81(10,11)12)31-35-69(63)88)76(66)92-38-25-39-93-77-67(85(21,22)51-79(4,5)6)47-61(55-29-24-27-53(41-55)49-87)75(91)73(77)89-70-36-32-58(82(13,14)15)44-64(70)65-45-59(83(16,17)18)33-37-71(65)89/h23-24,26-37,40-47,90-91H,25,38-39,50-51H2,1-22H3. The molecule has 2 heterocycles. The van der Waals surface area contributed by atoms with Crippen LogP contribution in [0.4, 0.5) is 0 Å². The Bertz CT molecular complexity index is 4200.